The molecule has 0 aliphatic carbocycles. The third-order valence-electron chi connectivity index (χ3n) is 0.922. The van der Waals surface area contributed by atoms with E-state index in [1.54, 1.807) is 0 Å². The van der Waals surface area contributed by atoms with E-state index in [4.69, 9.17) is 0 Å². The summed E-state index contributed by atoms with van der Waals surface area (Å²) in [6, 6.07) is 0. The number of ketones is 1. The van der Waals surface area contributed by atoms with Gasteiger partial charge in [0.15, 0.2) is 0 Å². The second-order valence-electron chi connectivity index (χ2n) is 1.74. The lowest BCUT2D eigenvalue weighted by Gasteiger charge is -2.07. The van der Waals surface area contributed by atoms with Crippen molar-refractivity contribution in [1.29, 1.82) is 0 Å². The van der Waals surface area contributed by atoms with Crippen LogP contribution in [0.5, 0.6) is 0 Å². The van der Waals surface area contributed by atoms with Gasteiger partial charge in [-0.1, -0.05) is 22.9 Å². The Kier molecular flexibility index (Phi) is 3.35. The zero-order valence-electron chi connectivity index (χ0n) is 5.20. The van der Waals surface area contributed by atoms with Gasteiger partial charge in [0.2, 0.25) is 5.78 Å². The molecule has 0 aromatic carbocycles. The predicted molar refractivity (Wildman–Crippen MR) is 34.1 cm³/mol. The predicted octanol–water partition coefficient (Wildman–Crippen LogP) is 2.29. The van der Waals surface area contributed by atoms with Crippen molar-refractivity contribution < 1.29 is 18.0 Å². The maximum Gasteiger partial charge on any atom is 0.451 e. The molecule has 1 atom stereocenters. The van der Waals surface area contributed by atoms with Gasteiger partial charge in [-0.05, 0) is 6.42 Å². The van der Waals surface area contributed by atoms with Gasteiger partial charge in [-0.3, -0.25) is 4.79 Å². The highest BCUT2D eigenvalue weighted by molar-refractivity contribution is 9.10. The topological polar surface area (TPSA) is 17.1 Å². The highest BCUT2D eigenvalue weighted by Gasteiger charge is 2.41. The largest absolute Gasteiger partial charge is 0.451 e. The number of carbonyl (C=O) groups excluding carboxylic acids is 1. The first-order valence-corrected chi connectivity index (χ1v) is 3.56. The minimum atomic E-state index is -4.70. The molecule has 0 aliphatic rings. The van der Waals surface area contributed by atoms with Gasteiger partial charge in [-0.2, -0.15) is 13.2 Å². The lowest BCUT2D eigenvalue weighted by Crippen LogP contribution is -2.30. The monoisotopic (exact) mass is 218 g/mol. The van der Waals surface area contributed by atoms with E-state index in [2.05, 4.69) is 15.9 Å². The SMILES string of the molecule is CC[C@@H](Br)C(=O)C(F)(F)F. The molecule has 0 saturated carbocycles. The molecule has 0 spiro atoms. The molecule has 0 amide bonds. The molecule has 1 nitrogen and oxygen atoms in total. The van der Waals surface area contributed by atoms with Crippen molar-refractivity contribution in [2.75, 3.05) is 0 Å². The normalized spacial score (nSPS) is 14.9. The van der Waals surface area contributed by atoms with Crippen LogP contribution in [0.25, 0.3) is 0 Å². The van der Waals surface area contributed by atoms with E-state index in [0.717, 1.165) is 0 Å². The van der Waals surface area contributed by atoms with Crippen LogP contribution >= 0.6 is 15.9 Å². The summed E-state index contributed by atoms with van der Waals surface area (Å²) in [7, 11) is 0. The summed E-state index contributed by atoms with van der Waals surface area (Å²) in [6.07, 6.45) is -4.55. The van der Waals surface area contributed by atoms with Crippen LogP contribution in [0.4, 0.5) is 13.2 Å². The zero-order chi connectivity index (χ0) is 8.36. The molecule has 0 N–H and O–H groups in total. The fraction of sp³-hybridized carbons (Fsp3) is 0.800. The lowest BCUT2D eigenvalue weighted by atomic mass is 10.2. The zero-order valence-corrected chi connectivity index (χ0v) is 6.79. The standard InChI is InChI=1S/C5H6BrF3O/c1-2-3(6)4(10)5(7,8)9/h3H,2H2,1H3/t3-/m1/s1. The van der Waals surface area contributed by atoms with E-state index >= 15 is 0 Å². The van der Waals surface area contributed by atoms with E-state index in [0.29, 0.717) is 0 Å². The summed E-state index contributed by atoms with van der Waals surface area (Å²) >= 11 is 2.61. The molecule has 0 aromatic rings. The average Bonchev–Trinajstić information content (AvgIpc) is 1.83. The summed E-state index contributed by atoms with van der Waals surface area (Å²) in [5, 5.41) is 0. The molecule has 0 heterocycles. The van der Waals surface area contributed by atoms with Crippen molar-refractivity contribution >= 4 is 21.7 Å². The fourth-order valence-corrected chi connectivity index (χ4v) is 0.623. The van der Waals surface area contributed by atoms with E-state index in [9.17, 15) is 18.0 Å². The number of hydrogen-bond acceptors (Lipinski definition) is 1. The summed E-state index contributed by atoms with van der Waals surface area (Å²) in [4.78, 5) is 9.13. The van der Waals surface area contributed by atoms with E-state index in [1.165, 1.54) is 6.92 Å². The number of Topliss-reactive ketones (excluding diaryl/α,β-unsaturated/α-hetero) is 1. The molecule has 0 saturated heterocycles. The summed E-state index contributed by atoms with van der Waals surface area (Å²) < 4.78 is 34.5. The van der Waals surface area contributed by atoms with Gasteiger partial charge in [-0.15, -0.1) is 0 Å². The van der Waals surface area contributed by atoms with E-state index in [1.807, 2.05) is 0 Å². The molecular weight excluding hydrogens is 213 g/mol. The minimum absolute atomic E-state index is 0.151. The first kappa shape index (κ1) is 9.94. The Hall–Kier alpha value is -0.0600. The van der Waals surface area contributed by atoms with Gasteiger partial charge in [0, 0.05) is 0 Å². The van der Waals surface area contributed by atoms with E-state index < -0.39 is 16.8 Å². The fourth-order valence-electron chi connectivity index (χ4n) is 0.363. The van der Waals surface area contributed by atoms with Crippen LogP contribution in [0.3, 0.4) is 0 Å². The van der Waals surface area contributed by atoms with Gasteiger partial charge in [0.05, 0.1) is 4.83 Å². The van der Waals surface area contributed by atoms with Crippen molar-refractivity contribution in [3.8, 4) is 0 Å². The van der Waals surface area contributed by atoms with Crippen LogP contribution in [0.2, 0.25) is 0 Å². The molecular formula is C5H6BrF3O. The quantitative estimate of drug-likeness (QED) is 0.651. The van der Waals surface area contributed by atoms with Crippen molar-refractivity contribution in [3.05, 3.63) is 0 Å². The van der Waals surface area contributed by atoms with Crippen molar-refractivity contribution in [1.82, 2.24) is 0 Å². The number of rotatable bonds is 2. The van der Waals surface area contributed by atoms with Crippen molar-refractivity contribution in [3.63, 3.8) is 0 Å². The van der Waals surface area contributed by atoms with Gasteiger partial charge >= 0.3 is 6.18 Å². The third kappa shape index (κ3) is 2.68. The highest BCUT2D eigenvalue weighted by atomic mass is 79.9. The second kappa shape index (κ2) is 3.37. The summed E-state index contributed by atoms with van der Waals surface area (Å²) in [6.45, 7) is 1.50. The van der Waals surface area contributed by atoms with Crippen LogP contribution in [0.1, 0.15) is 13.3 Å². The first-order valence-electron chi connectivity index (χ1n) is 2.64. The molecule has 0 rings (SSSR count). The van der Waals surface area contributed by atoms with Crippen LogP contribution in [-0.2, 0) is 4.79 Å². The Morgan fingerprint density at radius 1 is 1.60 bits per heavy atom. The number of halogens is 4. The van der Waals surface area contributed by atoms with Crippen molar-refractivity contribution in [2.45, 2.75) is 24.3 Å². The third-order valence-corrected chi connectivity index (χ3v) is 1.99. The van der Waals surface area contributed by atoms with Gasteiger partial charge in [-0.25, -0.2) is 0 Å². The molecule has 0 radical (unpaired) electrons. The number of carbonyl (C=O) groups is 1. The van der Waals surface area contributed by atoms with Gasteiger partial charge in [0.1, 0.15) is 0 Å². The Labute approximate surface area is 64.7 Å². The molecule has 0 fully saturated rings. The van der Waals surface area contributed by atoms with Crippen LogP contribution in [0, 0.1) is 0 Å². The van der Waals surface area contributed by atoms with Crippen molar-refractivity contribution in [2.24, 2.45) is 0 Å². The average molecular weight is 219 g/mol. The number of hydrogen-bond donors (Lipinski definition) is 0. The van der Waals surface area contributed by atoms with Gasteiger partial charge in [0.25, 0.3) is 0 Å². The van der Waals surface area contributed by atoms with Crippen LogP contribution < -0.4 is 0 Å². The summed E-state index contributed by atoms with van der Waals surface area (Å²) in [5.74, 6) is -1.71. The maximum absolute atomic E-state index is 11.5. The second-order valence-corrected chi connectivity index (χ2v) is 2.84. The molecule has 0 bridgehead atoms. The van der Waals surface area contributed by atoms with Crippen LogP contribution in [-0.4, -0.2) is 16.8 Å². The Morgan fingerprint density at radius 2 is 2.00 bits per heavy atom. The molecule has 0 aliphatic heterocycles. The van der Waals surface area contributed by atoms with Crippen LogP contribution in [0.15, 0.2) is 0 Å². The smallest absolute Gasteiger partial charge is 0.288 e. The highest BCUT2D eigenvalue weighted by Crippen LogP contribution is 2.22. The Balaban J connectivity index is 4.09. The molecule has 10 heavy (non-hydrogen) atoms. The lowest BCUT2D eigenvalue weighted by molar-refractivity contribution is -0.170. The van der Waals surface area contributed by atoms with E-state index in [-0.39, 0.29) is 6.42 Å². The molecule has 0 unspecified atom stereocenters. The molecule has 0 aromatic heterocycles. The Morgan fingerprint density at radius 3 is 2.10 bits per heavy atom. The molecule has 60 valence electrons. The van der Waals surface area contributed by atoms with Gasteiger partial charge < -0.3 is 0 Å². The maximum atomic E-state index is 11.5. The minimum Gasteiger partial charge on any atom is -0.288 e. The summed E-state index contributed by atoms with van der Waals surface area (Å²) in [5.41, 5.74) is 0. The first-order chi connectivity index (χ1) is 4.39. The number of alkyl halides is 4. The Bertz CT molecular complexity index is 131. The molecule has 5 heteroatoms.